The van der Waals surface area contributed by atoms with E-state index in [-0.39, 0.29) is 24.4 Å². The highest BCUT2D eigenvalue weighted by Gasteiger charge is 2.43. The molecule has 2 aliphatic rings. The summed E-state index contributed by atoms with van der Waals surface area (Å²) in [6, 6.07) is 5.38. The number of halogens is 1. The molecule has 1 unspecified atom stereocenters. The standard InChI is InChI=1S/C14H15BrN2O2/c1-8-10(15)3-2-4-11(8)17-7-12(18)16-13(14(17)19)9-5-6-9/h2-4,9,13H,5-7H2,1H3,(H,16,18). The summed E-state index contributed by atoms with van der Waals surface area (Å²) in [7, 11) is 0. The van der Waals surface area contributed by atoms with Crippen LogP contribution in [0.2, 0.25) is 0 Å². The van der Waals surface area contributed by atoms with Gasteiger partial charge in [0.25, 0.3) is 0 Å². The van der Waals surface area contributed by atoms with E-state index < -0.39 is 0 Å². The Morgan fingerprint density at radius 2 is 2.05 bits per heavy atom. The van der Waals surface area contributed by atoms with Crippen molar-refractivity contribution in [3.8, 4) is 0 Å². The summed E-state index contributed by atoms with van der Waals surface area (Å²) in [4.78, 5) is 25.9. The fourth-order valence-corrected chi connectivity index (χ4v) is 2.87. The Morgan fingerprint density at radius 3 is 2.74 bits per heavy atom. The van der Waals surface area contributed by atoms with Gasteiger partial charge in [-0.2, -0.15) is 0 Å². The van der Waals surface area contributed by atoms with E-state index in [1.807, 2.05) is 25.1 Å². The first kappa shape index (κ1) is 12.7. The van der Waals surface area contributed by atoms with Crippen molar-refractivity contribution in [2.75, 3.05) is 11.4 Å². The zero-order valence-electron chi connectivity index (χ0n) is 10.6. The van der Waals surface area contributed by atoms with E-state index in [2.05, 4.69) is 21.2 Å². The molecule has 1 aromatic carbocycles. The summed E-state index contributed by atoms with van der Waals surface area (Å²) >= 11 is 3.47. The van der Waals surface area contributed by atoms with Crippen LogP contribution in [0.5, 0.6) is 0 Å². The molecule has 0 bridgehead atoms. The molecule has 2 amide bonds. The molecule has 0 radical (unpaired) electrons. The van der Waals surface area contributed by atoms with Crippen LogP contribution >= 0.6 is 15.9 Å². The molecule has 4 nitrogen and oxygen atoms in total. The lowest BCUT2D eigenvalue weighted by molar-refractivity contribution is -0.131. The normalized spacial score (nSPS) is 23.5. The monoisotopic (exact) mass is 322 g/mol. The number of hydrogen-bond donors (Lipinski definition) is 1. The van der Waals surface area contributed by atoms with Gasteiger partial charge in [0.05, 0.1) is 0 Å². The minimum atomic E-state index is -0.334. The Bertz CT molecular complexity index is 554. The molecule has 1 saturated heterocycles. The zero-order chi connectivity index (χ0) is 13.6. The summed E-state index contributed by atoms with van der Waals surface area (Å²) in [6.07, 6.45) is 2.06. The average Bonchev–Trinajstić information content (AvgIpc) is 3.20. The Kier molecular flexibility index (Phi) is 3.09. The van der Waals surface area contributed by atoms with Crippen molar-refractivity contribution >= 4 is 33.4 Å². The smallest absolute Gasteiger partial charge is 0.250 e. The van der Waals surface area contributed by atoms with Crippen LogP contribution in [0.1, 0.15) is 18.4 Å². The molecule has 1 atom stereocenters. The van der Waals surface area contributed by atoms with Crippen molar-refractivity contribution in [2.45, 2.75) is 25.8 Å². The van der Waals surface area contributed by atoms with Gasteiger partial charge >= 0.3 is 0 Å². The van der Waals surface area contributed by atoms with E-state index >= 15 is 0 Å². The number of piperazine rings is 1. The first-order chi connectivity index (χ1) is 9.08. The highest BCUT2D eigenvalue weighted by Crippen LogP contribution is 2.36. The zero-order valence-corrected chi connectivity index (χ0v) is 12.2. The van der Waals surface area contributed by atoms with Crippen molar-refractivity contribution in [3.05, 3.63) is 28.2 Å². The van der Waals surface area contributed by atoms with E-state index in [0.717, 1.165) is 28.6 Å². The molecule has 1 heterocycles. The third-order valence-electron chi connectivity index (χ3n) is 3.77. The summed E-state index contributed by atoms with van der Waals surface area (Å²) in [5.74, 6) is 0.269. The molecule has 2 fully saturated rings. The van der Waals surface area contributed by atoms with Crippen LogP contribution < -0.4 is 10.2 Å². The Hall–Kier alpha value is -1.36. The molecule has 1 saturated carbocycles. The van der Waals surface area contributed by atoms with E-state index in [1.54, 1.807) is 4.90 Å². The Labute approximate surface area is 120 Å². The van der Waals surface area contributed by atoms with Gasteiger partial charge in [-0.1, -0.05) is 22.0 Å². The average molecular weight is 323 g/mol. The van der Waals surface area contributed by atoms with E-state index in [4.69, 9.17) is 0 Å². The lowest BCUT2D eigenvalue weighted by Gasteiger charge is -2.33. The second kappa shape index (κ2) is 4.63. The number of anilines is 1. The maximum atomic E-state index is 12.5. The van der Waals surface area contributed by atoms with Crippen molar-refractivity contribution in [1.82, 2.24) is 5.32 Å². The molecular weight excluding hydrogens is 308 g/mol. The number of nitrogens with one attached hydrogen (secondary N) is 1. The molecule has 1 N–H and O–H groups in total. The largest absolute Gasteiger partial charge is 0.342 e. The molecular formula is C14H15BrN2O2. The fourth-order valence-electron chi connectivity index (χ4n) is 2.51. The molecule has 100 valence electrons. The molecule has 5 heteroatoms. The van der Waals surface area contributed by atoms with E-state index in [0.29, 0.717) is 5.92 Å². The predicted octanol–water partition coefficient (Wildman–Crippen LogP) is 2.00. The first-order valence-electron chi connectivity index (χ1n) is 6.44. The maximum absolute atomic E-state index is 12.5. The first-order valence-corrected chi connectivity index (χ1v) is 7.23. The molecule has 1 aromatic rings. The fraction of sp³-hybridized carbons (Fsp3) is 0.429. The van der Waals surface area contributed by atoms with Crippen molar-refractivity contribution < 1.29 is 9.59 Å². The highest BCUT2D eigenvalue weighted by atomic mass is 79.9. The minimum Gasteiger partial charge on any atom is -0.342 e. The summed E-state index contributed by atoms with van der Waals surface area (Å²) in [6.45, 7) is 2.06. The lowest BCUT2D eigenvalue weighted by Crippen LogP contribution is -2.59. The van der Waals surface area contributed by atoms with Crippen LogP contribution in [0.25, 0.3) is 0 Å². The van der Waals surface area contributed by atoms with E-state index in [9.17, 15) is 9.59 Å². The molecule has 0 spiro atoms. The van der Waals surface area contributed by atoms with Gasteiger partial charge in [-0.3, -0.25) is 9.59 Å². The van der Waals surface area contributed by atoms with Crippen LogP contribution in [0.4, 0.5) is 5.69 Å². The second-order valence-corrected chi connectivity index (χ2v) is 6.05. The number of carbonyl (C=O) groups excluding carboxylic acids is 2. The third-order valence-corrected chi connectivity index (χ3v) is 4.63. The molecule has 3 rings (SSSR count). The number of nitrogens with zero attached hydrogens (tertiary/aromatic N) is 1. The van der Waals surface area contributed by atoms with Crippen molar-refractivity contribution in [3.63, 3.8) is 0 Å². The predicted molar refractivity (Wildman–Crippen MR) is 75.9 cm³/mol. The quantitative estimate of drug-likeness (QED) is 0.905. The van der Waals surface area contributed by atoms with Gasteiger partial charge in [0, 0.05) is 10.2 Å². The van der Waals surface area contributed by atoms with Crippen molar-refractivity contribution in [2.24, 2.45) is 5.92 Å². The van der Waals surface area contributed by atoms with Gasteiger partial charge in [0.15, 0.2) is 0 Å². The van der Waals surface area contributed by atoms with Gasteiger partial charge in [0.1, 0.15) is 12.6 Å². The number of rotatable bonds is 2. The number of benzene rings is 1. The molecule has 19 heavy (non-hydrogen) atoms. The van der Waals surface area contributed by atoms with Gasteiger partial charge in [0.2, 0.25) is 11.8 Å². The van der Waals surface area contributed by atoms with Crippen LogP contribution in [0, 0.1) is 12.8 Å². The minimum absolute atomic E-state index is 0.0169. The van der Waals surface area contributed by atoms with Gasteiger partial charge in [-0.15, -0.1) is 0 Å². The third kappa shape index (κ3) is 2.27. The number of carbonyl (C=O) groups is 2. The highest BCUT2D eigenvalue weighted by molar-refractivity contribution is 9.10. The lowest BCUT2D eigenvalue weighted by atomic mass is 10.1. The Balaban J connectivity index is 1.96. The number of amides is 2. The van der Waals surface area contributed by atoms with Gasteiger partial charge < -0.3 is 10.2 Å². The van der Waals surface area contributed by atoms with Crippen LogP contribution in [-0.2, 0) is 9.59 Å². The molecule has 1 aliphatic carbocycles. The van der Waals surface area contributed by atoms with Crippen LogP contribution in [-0.4, -0.2) is 24.4 Å². The van der Waals surface area contributed by atoms with E-state index in [1.165, 1.54) is 0 Å². The van der Waals surface area contributed by atoms with Crippen LogP contribution in [0.3, 0.4) is 0 Å². The summed E-state index contributed by atoms with van der Waals surface area (Å²) < 4.78 is 0.951. The molecule has 0 aromatic heterocycles. The summed E-state index contributed by atoms with van der Waals surface area (Å²) in [5, 5.41) is 2.82. The Morgan fingerprint density at radius 1 is 1.32 bits per heavy atom. The van der Waals surface area contributed by atoms with Gasteiger partial charge in [-0.25, -0.2) is 0 Å². The van der Waals surface area contributed by atoms with Gasteiger partial charge in [-0.05, 0) is 43.4 Å². The van der Waals surface area contributed by atoms with Crippen LogP contribution in [0.15, 0.2) is 22.7 Å². The SMILES string of the molecule is Cc1c(Br)cccc1N1CC(=O)NC(C2CC2)C1=O. The maximum Gasteiger partial charge on any atom is 0.250 e. The van der Waals surface area contributed by atoms with Crippen molar-refractivity contribution in [1.29, 1.82) is 0 Å². The second-order valence-electron chi connectivity index (χ2n) is 5.19. The molecule has 1 aliphatic heterocycles. The topological polar surface area (TPSA) is 49.4 Å². The summed E-state index contributed by atoms with van der Waals surface area (Å²) in [5.41, 5.74) is 1.81. The number of hydrogen-bond acceptors (Lipinski definition) is 2.